The number of nitrogens with one attached hydrogen (secondary N) is 1. The van der Waals surface area contributed by atoms with Crippen molar-refractivity contribution >= 4 is 0 Å². The van der Waals surface area contributed by atoms with E-state index in [9.17, 15) is 5.11 Å². The Balaban J connectivity index is 2.88. The van der Waals surface area contributed by atoms with Gasteiger partial charge < -0.3 is 19.9 Å². The maximum atomic E-state index is 9.56. The molecule has 0 aliphatic carbocycles. The topological polar surface area (TPSA) is 50.7 Å². The summed E-state index contributed by atoms with van der Waals surface area (Å²) >= 11 is 0. The minimum absolute atomic E-state index is 0.131. The first-order valence-electron chi connectivity index (χ1n) is 6.72. The minimum Gasteiger partial charge on any atom is -0.493 e. The first-order valence-corrected chi connectivity index (χ1v) is 6.72. The molecule has 0 saturated heterocycles. The second-order valence-corrected chi connectivity index (χ2v) is 4.65. The summed E-state index contributed by atoms with van der Waals surface area (Å²) in [5.74, 6) is 1.47. The molecule has 0 aliphatic heterocycles. The van der Waals surface area contributed by atoms with Gasteiger partial charge in [0.25, 0.3) is 0 Å². The summed E-state index contributed by atoms with van der Waals surface area (Å²) in [5.41, 5.74) is 0.801. The average molecular weight is 267 g/mol. The van der Waals surface area contributed by atoms with Gasteiger partial charge in [0.15, 0.2) is 11.5 Å². The Labute approximate surface area is 115 Å². The van der Waals surface area contributed by atoms with Crippen LogP contribution < -0.4 is 14.8 Å². The van der Waals surface area contributed by atoms with E-state index < -0.39 is 0 Å². The highest BCUT2D eigenvalue weighted by Crippen LogP contribution is 2.31. The summed E-state index contributed by atoms with van der Waals surface area (Å²) in [5, 5.41) is 13.0. The Morgan fingerprint density at radius 3 is 2.32 bits per heavy atom. The third-order valence-electron chi connectivity index (χ3n) is 3.79. The lowest BCUT2D eigenvalue weighted by atomic mass is 9.93. The SMILES string of the molecule is CCC(CC)(CO)NCc1cccc(OC)c1OC. The van der Waals surface area contributed by atoms with Gasteiger partial charge in [0.05, 0.1) is 20.8 Å². The van der Waals surface area contributed by atoms with Crippen LogP contribution in [0.2, 0.25) is 0 Å². The third-order valence-corrected chi connectivity index (χ3v) is 3.79. The lowest BCUT2D eigenvalue weighted by molar-refractivity contribution is 0.149. The number of hydrogen-bond donors (Lipinski definition) is 2. The lowest BCUT2D eigenvalue weighted by Crippen LogP contribution is -2.47. The van der Waals surface area contributed by atoms with Gasteiger partial charge >= 0.3 is 0 Å². The zero-order chi connectivity index (χ0) is 14.3. The third kappa shape index (κ3) is 3.61. The fourth-order valence-electron chi connectivity index (χ4n) is 2.16. The van der Waals surface area contributed by atoms with Crippen molar-refractivity contribution in [3.05, 3.63) is 23.8 Å². The second kappa shape index (κ2) is 7.36. The maximum Gasteiger partial charge on any atom is 0.165 e. The second-order valence-electron chi connectivity index (χ2n) is 4.65. The van der Waals surface area contributed by atoms with Crippen molar-refractivity contribution in [2.45, 2.75) is 38.8 Å². The summed E-state index contributed by atoms with van der Waals surface area (Å²) in [6.07, 6.45) is 1.76. The van der Waals surface area contributed by atoms with Gasteiger partial charge in [-0.25, -0.2) is 0 Å². The van der Waals surface area contributed by atoms with Crippen LogP contribution in [-0.2, 0) is 6.54 Å². The van der Waals surface area contributed by atoms with E-state index in [1.54, 1.807) is 14.2 Å². The highest BCUT2D eigenvalue weighted by Gasteiger charge is 2.24. The first-order chi connectivity index (χ1) is 9.16. The van der Waals surface area contributed by atoms with Crippen molar-refractivity contribution in [3.8, 4) is 11.5 Å². The van der Waals surface area contributed by atoms with Crippen molar-refractivity contribution < 1.29 is 14.6 Å². The molecule has 0 aliphatic rings. The van der Waals surface area contributed by atoms with Crippen LogP contribution in [0.15, 0.2) is 18.2 Å². The van der Waals surface area contributed by atoms with Crippen LogP contribution in [0.25, 0.3) is 0 Å². The predicted octanol–water partition coefficient (Wildman–Crippen LogP) is 2.34. The van der Waals surface area contributed by atoms with Gasteiger partial charge in [-0.2, -0.15) is 0 Å². The molecular formula is C15H25NO3. The predicted molar refractivity (Wildman–Crippen MR) is 76.8 cm³/mol. The monoisotopic (exact) mass is 267 g/mol. The van der Waals surface area contributed by atoms with E-state index in [4.69, 9.17) is 9.47 Å². The van der Waals surface area contributed by atoms with Crippen LogP contribution in [0, 0.1) is 0 Å². The quantitative estimate of drug-likeness (QED) is 0.759. The van der Waals surface area contributed by atoms with E-state index in [0.717, 1.165) is 29.9 Å². The molecule has 1 aromatic carbocycles. The average Bonchev–Trinajstić information content (AvgIpc) is 2.48. The number of aliphatic hydroxyl groups excluding tert-OH is 1. The van der Waals surface area contributed by atoms with Crippen molar-refractivity contribution in [1.82, 2.24) is 5.32 Å². The molecule has 4 nitrogen and oxygen atoms in total. The smallest absolute Gasteiger partial charge is 0.165 e. The van der Waals surface area contributed by atoms with Crippen molar-refractivity contribution in [2.75, 3.05) is 20.8 Å². The largest absolute Gasteiger partial charge is 0.493 e. The van der Waals surface area contributed by atoms with E-state index in [1.807, 2.05) is 18.2 Å². The summed E-state index contributed by atoms with van der Waals surface area (Å²) in [6.45, 7) is 4.93. The first kappa shape index (κ1) is 15.8. The highest BCUT2D eigenvalue weighted by molar-refractivity contribution is 5.46. The van der Waals surface area contributed by atoms with Crippen LogP contribution in [0.5, 0.6) is 11.5 Å². The molecule has 0 heterocycles. The molecule has 2 N–H and O–H groups in total. The molecule has 0 radical (unpaired) electrons. The number of aliphatic hydroxyl groups is 1. The maximum absolute atomic E-state index is 9.56. The standard InChI is InChI=1S/C15H25NO3/c1-5-15(6-2,11-17)16-10-12-8-7-9-13(18-3)14(12)19-4/h7-9,16-17H,5-6,10-11H2,1-4H3. The summed E-state index contributed by atoms with van der Waals surface area (Å²) < 4.78 is 10.7. The molecule has 1 rings (SSSR count). The van der Waals surface area contributed by atoms with Gasteiger partial charge in [-0.1, -0.05) is 26.0 Å². The molecular weight excluding hydrogens is 242 g/mol. The van der Waals surface area contributed by atoms with Crippen LogP contribution in [0.4, 0.5) is 0 Å². The molecule has 4 heteroatoms. The number of methoxy groups -OCH3 is 2. The lowest BCUT2D eigenvalue weighted by Gasteiger charge is -2.31. The van der Waals surface area contributed by atoms with E-state index >= 15 is 0 Å². The van der Waals surface area contributed by atoms with Gasteiger partial charge in [-0.3, -0.25) is 0 Å². The molecule has 0 bridgehead atoms. The van der Waals surface area contributed by atoms with Gasteiger partial charge in [0.2, 0.25) is 0 Å². The molecule has 0 saturated carbocycles. The number of hydrogen-bond acceptors (Lipinski definition) is 4. The fraction of sp³-hybridized carbons (Fsp3) is 0.600. The van der Waals surface area contributed by atoms with Crippen molar-refractivity contribution in [1.29, 1.82) is 0 Å². The van der Waals surface area contributed by atoms with Gasteiger partial charge in [0.1, 0.15) is 0 Å². The summed E-state index contributed by atoms with van der Waals surface area (Å²) in [7, 11) is 3.27. The van der Waals surface area contributed by atoms with Crippen LogP contribution in [-0.4, -0.2) is 31.5 Å². The summed E-state index contributed by atoms with van der Waals surface area (Å²) in [6, 6.07) is 5.82. The van der Waals surface area contributed by atoms with E-state index in [-0.39, 0.29) is 12.1 Å². The molecule has 0 unspecified atom stereocenters. The summed E-state index contributed by atoms with van der Waals surface area (Å²) in [4.78, 5) is 0. The molecule has 108 valence electrons. The van der Waals surface area contributed by atoms with Gasteiger partial charge in [-0.15, -0.1) is 0 Å². The fourth-order valence-corrected chi connectivity index (χ4v) is 2.16. The molecule has 0 fully saturated rings. The molecule has 1 aromatic rings. The zero-order valence-electron chi connectivity index (χ0n) is 12.3. The van der Waals surface area contributed by atoms with E-state index in [1.165, 1.54) is 0 Å². The van der Waals surface area contributed by atoms with Crippen LogP contribution >= 0.6 is 0 Å². The number of ether oxygens (including phenoxy) is 2. The number of benzene rings is 1. The Hall–Kier alpha value is -1.26. The van der Waals surface area contributed by atoms with Crippen molar-refractivity contribution in [2.24, 2.45) is 0 Å². The Kier molecular flexibility index (Phi) is 6.12. The zero-order valence-corrected chi connectivity index (χ0v) is 12.3. The van der Waals surface area contributed by atoms with E-state index in [2.05, 4.69) is 19.2 Å². The highest BCUT2D eigenvalue weighted by atomic mass is 16.5. The molecule has 0 amide bonds. The number of rotatable bonds is 8. The van der Waals surface area contributed by atoms with Crippen LogP contribution in [0.1, 0.15) is 32.3 Å². The van der Waals surface area contributed by atoms with Crippen molar-refractivity contribution in [3.63, 3.8) is 0 Å². The Bertz CT molecular complexity index is 381. The number of para-hydroxylation sites is 1. The molecule has 19 heavy (non-hydrogen) atoms. The Morgan fingerprint density at radius 2 is 1.84 bits per heavy atom. The minimum atomic E-state index is -0.228. The van der Waals surface area contributed by atoms with Gasteiger partial charge in [0, 0.05) is 17.6 Å². The molecule has 0 aromatic heterocycles. The van der Waals surface area contributed by atoms with E-state index in [0.29, 0.717) is 6.54 Å². The Morgan fingerprint density at radius 1 is 1.16 bits per heavy atom. The molecule has 0 atom stereocenters. The van der Waals surface area contributed by atoms with Gasteiger partial charge in [-0.05, 0) is 18.9 Å². The normalized spacial score (nSPS) is 11.4. The van der Waals surface area contributed by atoms with Crippen LogP contribution in [0.3, 0.4) is 0 Å². The molecule has 0 spiro atoms.